The highest BCUT2D eigenvalue weighted by Crippen LogP contribution is 2.36. The molecule has 2 rings (SSSR count). The van der Waals surface area contributed by atoms with E-state index in [1.165, 1.54) is 6.92 Å². The van der Waals surface area contributed by atoms with E-state index in [9.17, 15) is 14.4 Å². The number of rotatable bonds is 6. The number of Topliss-reactive ketones (excluding diaryl/α,β-unsaturated/α-hetero) is 1. The Labute approximate surface area is 145 Å². The van der Waals surface area contributed by atoms with Gasteiger partial charge >= 0.3 is 6.03 Å². The minimum atomic E-state index is -0.641. The van der Waals surface area contributed by atoms with Crippen LogP contribution in [0, 0.1) is 0 Å². The molecule has 1 atom stereocenters. The number of ether oxygens (including phenoxy) is 1. The van der Waals surface area contributed by atoms with Gasteiger partial charge < -0.3 is 9.84 Å². The van der Waals surface area contributed by atoms with Crippen molar-refractivity contribution in [2.75, 3.05) is 19.9 Å². The number of nitrogens with one attached hydrogen (secondary N) is 1. The van der Waals surface area contributed by atoms with Crippen molar-refractivity contribution in [3.8, 4) is 0 Å². The summed E-state index contributed by atoms with van der Waals surface area (Å²) < 4.78 is 4.69. The second-order valence-corrected chi connectivity index (χ2v) is 6.08. The molecule has 0 radical (unpaired) electrons. The Morgan fingerprint density at radius 1 is 1.29 bits per heavy atom. The van der Waals surface area contributed by atoms with Crippen molar-refractivity contribution < 1.29 is 28.1 Å². The van der Waals surface area contributed by atoms with Crippen LogP contribution in [0.4, 0.5) is 4.79 Å². The van der Waals surface area contributed by atoms with E-state index < -0.39 is 15.8 Å². The molecule has 1 aromatic carbocycles. The molecule has 2 N–H and O–H groups in total. The number of aliphatic hydroxyl groups excluding tert-OH is 1. The van der Waals surface area contributed by atoms with Gasteiger partial charge in [-0.2, -0.15) is 0 Å². The summed E-state index contributed by atoms with van der Waals surface area (Å²) in [4.78, 5) is 35.8. The molecule has 7 nitrogen and oxygen atoms in total. The molecule has 3 amide bonds. The summed E-state index contributed by atoms with van der Waals surface area (Å²) >= 11 is 4.43. The Morgan fingerprint density at radius 2 is 1.92 bits per heavy atom. The van der Waals surface area contributed by atoms with Crippen LogP contribution in [0.5, 0.6) is 0 Å². The van der Waals surface area contributed by atoms with Crippen molar-refractivity contribution in [2.45, 2.75) is 13.8 Å². The highest BCUT2D eigenvalue weighted by Gasteiger charge is 2.47. The first-order valence-electron chi connectivity index (χ1n) is 7.29. The van der Waals surface area contributed by atoms with Crippen molar-refractivity contribution in [3.63, 3.8) is 0 Å². The Bertz CT molecular complexity index is 714. The third-order valence-corrected chi connectivity index (χ3v) is 4.20. The van der Waals surface area contributed by atoms with E-state index in [0.717, 1.165) is 0 Å². The number of amides is 3. The van der Waals surface area contributed by atoms with Crippen LogP contribution in [-0.2, 0) is 9.53 Å². The fourth-order valence-electron chi connectivity index (χ4n) is 2.45. The number of carbonyl (C=O) groups is 3. The summed E-state index contributed by atoms with van der Waals surface area (Å²) in [6.45, 7) is 2.73. The number of hydrogen-bond acceptors (Lipinski definition) is 6. The van der Waals surface area contributed by atoms with Gasteiger partial charge in [-0.1, -0.05) is 12.1 Å². The first-order valence-corrected chi connectivity index (χ1v) is 7.69. The summed E-state index contributed by atoms with van der Waals surface area (Å²) in [6, 6.07) is 5.94. The Kier molecular flexibility index (Phi) is 5.55. The molecule has 24 heavy (non-hydrogen) atoms. The van der Waals surface area contributed by atoms with Gasteiger partial charge in [0.05, 0.1) is 31.6 Å². The summed E-state index contributed by atoms with van der Waals surface area (Å²) in [5.74, 6) is -0.585. The Balaban J connectivity index is 2.50. The lowest BCUT2D eigenvalue weighted by Crippen LogP contribution is -2.56. The van der Waals surface area contributed by atoms with Gasteiger partial charge in [0.1, 0.15) is 0 Å². The third-order valence-electron chi connectivity index (χ3n) is 3.70. The molecule has 0 aromatic heterocycles. The van der Waals surface area contributed by atoms with E-state index >= 15 is 0 Å². The van der Waals surface area contributed by atoms with Gasteiger partial charge in [-0.15, -0.1) is 3.89 Å². The Morgan fingerprint density at radius 3 is 2.46 bits per heavy atom. The van der Waals surface area contributed by atoms with Gasteiger partial charge in [0, 0.05) is 11.1 Å². The average Bonchev–Trinajstić information content (AvgIpc) is 2.54. The Hall–Kier alpha value is -2.00. The smallest absolute Gasteiger partial charge is 0.394 e. The van der Waals surface area contributed by atoms with Crippen LogP contribution in [0.25, 0.3) is 5.70 Å². The van der Waals surface area contributed by atoms with Crippen LogP contribution in [0.2, 0.25) is 0 Å². The number of imide groups is 1. The molecule has 1 aliphatic heterocycles. The normalized spacial score (nSPS) is 21.0. The molecule has 128 valence electrons. The molecule has 1 aromatic rings. The molecule has 0 saturated carbocycles. The molecule has 1 aliphatic rings. The summed E-state index contributed by atoms with van der Waals surface area (Å²) in [7, 11) is 0. The zero-order valence-corrected chi connectivity index (χ0v) is 14.3. The zero-order valence-electron chi connectivity index (χ0n) is 13.4. The van der Waals surface area contributed by atoms with Gasteiger partial charge in [0.25, 0.3) is 5.91 Å². The minimum absolute atomic E-state index is 0.0391. The van der Waals surface area contributed by atoms with Gasteiger partial charge in [0.2, 0.25) is 6.73 Å². The maximum atomic E-state index is 12.4. The molecule has 0 spiro atoms. The van der Waals surface area contributed by atoms with Crippen molar-refractivity contribution in [3.05, 3.63) is 41.0 Å². The average molecular weight is 351 g/mol. The number of aliphatic hydroxyl groups is 1. The lowest BCUT2D eigenvalue weighted by atomic mass is 10.0. The first-order chi connectivity index (χ1) is 11.3. The third kappa shape index (κ3) is 3.41. The monoisotopic (exact) mass is 351 g/mol. The molecule has 0 saturated heterocycles. The molecule has 0 aliphatic carbocycles. The van der Waals surface area contributed by atoms with Crippen LogP contribution >= 0.6 is 12.8 Å². The van der Waals surface area contributed by atoms with Crippen molar-refractivity contribution in [1.29, 1.82) is 0 Å². The van der Waals surface area contributed by atoms with E-state index in [-0.39, 0.29) is 25.7 Å². The summed E-state index contributed by atoms with van der Waals surface area (Å²) in [6.07, 6.45) is 0. The van der Waals surface area contributed by atoms with Crippen LogP contribution in [0.15, 0.2) is 29.8 Å². The van der Waals surface area contributed by atoms with Gasteiger partial charge in [-0.25, -0.2) is 10.1 Å². The fraction of sp³-hybridized carbons (Fsp3) is 0.312. The SMILES string of the molecule is CC(=O)c1ccc(C2=C(C)C(=O)NC(=O)[N+]2(S)COCCO)cc1. The molecule has 1 unspecified atom stereocenters. The van der Waals surface area contributed by atoms with Crippen LogP contribution in [0.3, 0.4) is 0 Å². The number of quaternary nitrogens is 1. The maximum absolute atomic E-state index is 12.4. The maximum Gasteiger partial charge on any atom is 0.442 e. The van der Waals surface area contributed by atoms with E-state index in [1.54, 1.807) is 31.2 Å². The van der Waals surface area contributed by atoms with Crippen molar-refractivity contribution in [2.24, 2.45) is 0 Å². The predicted molar refractivity (Wildman–Crippen MR) is 89.7 cm³/mol. The number of urea groups is 1. The van der Waals surface area contributed by atoms with Crippen LogP contribution in [-0.4, -0.2) is 46.7 Å². The van der Waals surface area contributed by atoms with Gasteiger partial charge in [0.15, 0.2) is 11.5 Å². The molecular weight excluding hydrogens is 332 g/mol. The number of thiol groups is 1. The van der Waals surface area contributed by atoms with E-state index in [4.69, 9.17) is 9.84 Å². The lowest BCUT2D eigenvalue weighted by Gasteiger charge is -2.33. The topological polar surface area (TPSA) is 92.7 Å². The van der Waals surface area contributed by atoms with Gasteiger partial charge in [-0.05, 0) is 26.0 Å². The number of benzene rings is 1. The lowest BCUT2D eigenvalue weighted by molar-refractivity contribution is -0.658. The number of carbonyl (C=O) groups excluding carboxylic acids is 3. The second-order valence-electron chi connectivity index (χ2n) is 5.40. The van der Waals surface area contributed by atoms with Crippen LogP contribution < -0.4 is 5.32 Å². The highest BCUT2D eigenvalue weighted by molar-refractivity contribution is 7.74. The number of hydrogen-bond donors (Lipinski definition) is 3. The van der Waals surface area contributed by atoms with Gasteiger partial charge in [-0.3, -0.25) is 9.59 Å². The molecule has 8 heteroatoms. The largest absolute Gasteiger partial charge is 0.442 e. The van der Waals surface area contributed by atoms with E-state index in [2.05, 4.69) is 18.1 Å². The summed E-state index contributed by atoms with van der Waals surface area (Å²) in [5.41, 5.74) is 1.81. The molecular formula is C16H19N2O5S+. The molecule has 1 heterocycles. The molecule has 0 bridgehead atoms. The van der Waals surface area contributed by atoms with E-state index in [1.807, 2.05) is 0 Å². The fourth-order valence-corrected chi connectivity index (χ4v) is 2.84. The second kappa shape index (κ2) is 7.27. The van der Waals surface area contributed by atoms with Crippen molar-refractivity contribution >= 4 is 36.2 Å². The number of ketones is 1. The first kappa shape index (κ1) is 18.3. The van der Waals surface area contributed by atoms with E-state index in [0.29, 0.717) is 22.4 Å². The highest BCUT2D eigenvalue weighted by atomic mass is 32.1. The van der Waals surface area contributed by atoms with Crippen LogP contribution in [0.1, 0.15) is 29.8 Å². The predicted octanol–water partition coefficient (Wildman–Crippen LogP) is 1.50. The number of nitrogens with zero attached hydrogens (tertiary/aromatic N) is 1. The zero-order chi connectivity index (χ0) is 17.9. The standard InChI is InChI=1S/C16H18N2O5S/c1-10-14(13-5-3-12(4-6-13)11(2)20)18(24,9-23-8-7-19)16(22)17-15(10)21/h3-6,19,24H,7-9H2,1-2H3/p+1. The van der Waals surface area contributed by atoms with Crippen molar-refractivity contribution in [1.82, 2.24) is 5.32 Å². The minimum Gasteiger partial charge on any atom is -0.394 e. The summed E-state index contributed by atoms with van der Waals surface area (Å²) in [5, 5.41) is 11.1. The molecule has 0 fully saturated rings. The quantitative estimate of drug-likeness (QED) is 0.313.